The molecule has 3 aromatic rings. The lowest BCUT2D eigenvalue weighted by Gasteiger charge is -2.11. The van der Waals surface area contributed by atoms with Gasteiger partial charge in [0, 0.05) is 11.8 Å². The number of halogens is 3. The molecule has 0 radical (unpaired) electrons. The van der Waals surface area contributed by atoms with Crippen LogP contribution in [-0.2, 0) is 6.18 Å². The van der Waals surface area contributed by atoms with Gasteiger partial charge in [0.1, 0.15) is 0 Å². The van der Waals surface area contributed by atoms with Crippen molar-refractivity contribution in [2.45, 2.75) is 13.1 Å². The second kappa shape index (κ2) is 4.29. The third-order valence-corrected chi connectivity index (χ3v) is 2.83. The summed E-state index contributed by atoms with van der Waals surface area (Å²) in [4.78, 5) is 8.01. The maximum absolute atomic E-state index is 13.0. The molecule has 0 aromatic carbocycles. The van der Waals surface area contributed by atoms with E-state index >= 15 is 0 Å². The fourth-order valence-electron chi connectivity index (χ4n) is 1.99. The lowest BCUT2D eigenvalue weighted by Crippen LogP contribution is -2.08. The van der Waals surface area contributed by atoms with Crippen LogP contribution in [0.2, 0.25) is 0 Å². The normalized spacial score (nSPS) is 12.0. The molecule has 0 saturated carbocycles. The summed E-state index contributed by atoms with van der Waals surface area (Å²) in [5.41, 5.74) is 0.589. The Kier molecular flexibility index (Phi) is 2.70. The topological polar surface area (TPSA) is 43.1 Å². The van der Waals surface area contributed by atoms with Gasteiger partial charge in [0.2, 0.25) is 0 Å². The summed E-state index contributed by atoms with van der Waals surface area (Å²) in [5.74, 6) is 0. The highest BCUT2D eigenvalue weighted by atomic mass is 19.4. The monoisotopic (exact) mass is 278 g/mol. The molecule has 0 atom stereocenters. The van der Waals surface area contributed by atoms with E-state index in [2.05, 4.69) is 15.1 Å². The zero-order valence-electron chi connectivity index (χ0n) is 10.4. The van der Waals surface area contributed by atoms with E-state index in [1.807, 2.05) is 0 Å². The maximum atomic E-state index is 13.0. The quantitative estimate of drug-likeness (QED) is 0.687. The highest BCUT2D eigenvalue weighted by Gasteiger charge is 2.34. The molecule has 3 heterocycles. The third-order valence-electron chi connectivity index (χ3n) is 2.83. The molecule has 0 fully saturated rings. The molecule has 0 aliphatic rings. The minimum Gasteiger partial charge on any atom is -0.256 e. The first-order valence-corrected chi connectivity index (χ1v) is 5.80. The summed E-state index contributed by atoms with van der Waals surface area (Å²) in [5, 5.41) is 4.05. The van der Waals surface area contributed by atoms with Crippen LogP contribution in [0.5, 0.6) is 0 Å². The number of rotatable bonds is 1. The van der Waals surface area contributed by atoms with Crippen molar-refractivity contribution >= 4 is 5.65 Å². The number of nitrogens with zero attached hydrogens (tertiary/aromatic N) is 4. The van der Waals surface area contributed by atoms with Crippen molar-refractivity contribution in [2.24, 2.45) is 0 Å². The Bertz CT molecular complexity index is 777. The molecule has 0 N–H and O–H groups in total. The molecule has 20 heavy (non-hydrogen) atoms. The Morgan fingerprint density at radius 3 is 2.80 bits per heavy atom. The largest absolute Gasteiger partial charge is 0.418 e. The van der Waals surface area contributed by atoms with Crippen LogP contribution in [0.4, 0.5) is 13.2 Å². The van der Waals surface area contributed by atoms with Crippen LogP contribution in [0.15, 0.2) is 36.8 Å². The van der Waals surface area contributed by atoms with Crippen LogP contribution in [-0.4, -0.2) is 19.6 Å². The van der Waals surface area contributed by atoms with Crippen molar-refractivity contribution in [1.82, 2.24) is 19.6 Å². The van der Waals surface area contributed by atoms with E-state index in [9.17, 15) is 13.2 Å². The van der Waals surface area contributed by atoms with Crippen LogP contribution < -0.4 is 0 Å². The summed E-state index contributed by atoms with van der Waals surface area (Å²) < 4.78 is 40.4. The van der Waals surface area contributed by atoms with Crippen molar-refractivity contribution in [2.75, 3.05) is 0 Å². The van der Waals surface area contributed by atoms with E-state index in [4.69, 9.17) is 0 Å². The van der Waals surface area contributed by atoms with Gasteiger partial charge < -0.3 is 0 Å². The summed E-state index contributed by atoms with van der Waals surface area (Å²) >= 11 is 0. The van der Waals surface area contributed by atoms with E-state index in [-0.39, 0.29) is 11.3 Å². The lowest BCUT2D eigenvalue weighted by atomic mass is 10.1. The van der Waals surface area contributed by atoms with Crippen LogP contribution in [0, 0.1) is 6.92 Å². The van der Waals surface area contributed by atoms with Gasteiger partial charge in [0.15, 0.2) is 5.65 Å². The van der Waals surface area contributed by atoms with E-state index < -0.39 is 11.7 Å². The fourth-order valence-corrected chi connectivity index (χ4v) is 1.99. The molecule has 0 spiro atoms. The van der Waals surface area contributed by atoms with Gasteiger partial charge >= 0.3 is 6.18 Å². The summed E-state index contributed by atoms with van der Waals surface area (Å²) in [6, 6.07) is 3.80. The molecule has 102 valence electrons. The molecule has 4 nitrogen and oxygen atoms in total. The summed E-state index contributed by atoms with van der Waals surface area (Å²) in [6.07, 6.45) is -0.0828. The van der Waals surface area contributed by atoms with Gasteiger partial charge in [0.25, 0.3) is 0 Å². The Labute approximate surface area is 111 Å². The highest BCUT2D eigenvalue weighted by Crippen LogP contribution is 2.35. The van der Waals surface area contributed by atoms with Gasteiger partial charge in [-0.15, -0.1) is 0 Å². The average molecular weight is 278 g/mol. The van der Waals surface area contributed by atoms with Crippen molar-refractivity contribution in [3.63, 3.8) is 0 Å². The lowest BCUT2D eigenvalue weighted by molar-refractivity contribution is -0.137. The van der Waals surface area contributed by atoms with Gasteiger partial charge in [-0.1, -0.05) is 0 Å². The minimum atomic E-state index is -4.46. The summed E-state index contributed by atoms with van der Waals surface area (Å²) in [7, 11) is 0. The SMILES string of the molecule is Cc1cn2ncc(-c3ncccc3C(F)(F)F)cc2n1. The highest BCUT2D eigenvalue weighted by molar-refractivity contribution is 5.66. The number of pyridine rings is 1. The van der Waals surface area contributed by atoms with Crippen molar-refractivity contribution in [1.29, 1.82) is 0 Å². The Hall–Kier alpha value is -2.44. The molecular weight excluding hydrogens is 269 g/mol. The van der Waals surface area contributed by atoms with Crippen LogP contribution >= 0.6 is 0 Å². The molecule has 3 rings (SSSR count). The average Bonchev–Trinajstić information content (AvgIpc) is 2.76. The third kappa shape index (κ3) is 2.11. The van der Waals surface area contributed by atoms with Gasteiger partial charge in [-0.2, -0.15) is 18.3 Å². The number of fused-ring (bicyclic) bond motifs is 1. The van der Waals surface area contributed by atoms with E-state index in [1.165, 1.54) is 29.0 Å². The van der Waals surface area contributed by atoms with Crippen LogP contribution in [0.25, 0.3) is 16.9 Å². The van der Waals surface area contributed by atoms with Crippen molar-refractivity contribution in [3.8, 4) is 11.3 Å². The molecule has 0 aliphatic heterocycles. The van der Waals surface area contributed by atoms with E-state index in [0.717, 1.165) is 11.8 Å². The van der Waals surface area contributed by atoms with E-state index in [0.29, 0.717) is 5.65 Å². The summed E-state index contributed by atoms with van der Waals surface area (Å²) in [6.45, 7) is 1.79. The van der Waals surface area contributed by atoms with Crippen LogP contribution in [0.3, 0.4) is 0 Å². The van der Waals surface area contributed by atoms with Crippen molar-refractivity contribution in [3.05, 3.63) is 48.0 Å². The number of aryl methyl sites for hydroxylation is 1. The van der Waals surface area contributed by atoms with Gasteiger partial charge in [-0.05, 0) is 25.1 Å². The predicted octanol–water partition coefficient (Wildman–Crippen LogP) is 3.12. The number of imidazole rings is 1. The molecule has 7 heteroatoms. The number of aromatic nitrogens is 4. The van der Waals surface area contributed by atoms with Crippen LogP contribution in [0.1, 0.15) is 11.3 Å². The second-order valence-electron chi connectivity index (χ2n) is 4.33. The first-order valence-electron chi connectivity index (χ1n) is 5.80. The number of alkyl halides is 3. The fraction of sp³-hybridized carbons (Fsp3) is 0.154. The molecule has 3 aromatic heterocycles. The molecule has 0 saturated heterocycles. The zero-order chi connectivity index (χ0) is 14.3. The molecule has 0 aliphatic carbocycles. The number of hydrogen-bond donors (Lipinski definition) is 0. The van der Waals surface area contributed by atoms with Gasteiger partial charge in [-0.3, -0.25) is 4.98 Å². The molecule has 0 unspecified atom stereocenters. The van der Waals surface area contributed by atoms with Gasteiger partial charge in [-0.25, -0.2) is 9.50 Å². The minimum absolute atomic E-state index is 0.143. The smallest absolute Gasteiger partial charge is 0.256 e. The first-order chi connectivity index (χ1) is 9.45. The zero-order valence-corrected chi connectivity index (χ0v) is 10.4. The predicted molar refractivity (Wildman–Crippen MR) is 66.0 cm³/mol. The van der Waals surface area contributed by atoms with E-state index in [1.54, 1.807) is 13.1 Å². The Balaban J connectivity index is 2.20. The van der Waals surface area contributed by atoms with Crippen molar-refractivity contribution < 1.29 is 13.2 Å². The second-order valence-corrected chi connectivity index (χ2v) is 4.33. The Morgan fingerprint density at radius 1 is 1.25 bits per heavy atom. The standard InChI is InChI=1S/C13H9F3N4/c1-8-7-20-11(19-8)5-9(6-18-20)12-10(13(14,15)16)3-2-4-17-12/h2-7H,1H3. The molecule has 0 bridgehead atoms. The maximum Gasteiger partial charge on any atom is 0.418 e. The Morgan fingerprint density at radius 2 is 2.05 bits per heavy atom. The molecule has 0 amide bonds. The number of hydrogen-bond acceptors (Lipinski definition) is 3. The first kappa shape index (κ1) is 12.6. The molecular formula is C13H9F3N4. The van der Waals surface area contributed by atoms with Gasteiger partial charge in [0.05, 0.1) is 29.3 Å².